The summed E-state index contributed by atoms with van der Waals surface area (Å²) in [6, 6.07) is 22.8. The molecule has 0 N–H and O–H groups in total. The summed E-state index contributed by atoms with van der Waals surface area (Å²) in [7, 11) is -1.26. The van der Waals surface area contributed by atoms with Crippen LogP contribution in [0.15, 0.2) is 60.7 Å². The Hall–Kier alpha value is -0.840. The Bertz CT molecular complexity index is 487. The van der Waals surface area contributed by atoms with Gasteiger partial charge in [-0.05, 0) is 37.1 Å². The molecule has 0 radical (unpaired) electrons. The minimum absolute atomic E-state index is 0. The van der Waals surface area contributed by atoms with Gasteiger partial charge in [0.25, 0.3) is 0 Å². The van der Waals surface area contributed by atoms with E-state index in [4.69, 9.17) is 0 Å². The Morgan fingerprint density at radius 2 is 0.958 bits per heavy atom. The highest BCUT2D eigenvalue weighted by Gasteiger charge is 2.41. The van der Waals surface area contributed by atoms with Gasteiger partial charge in [-0.15, -0.1) is 0 Å². The molecule has 0 aromatic heterocycles. The van der Waals surface area contributed by atoms with E-state index < -0.39 is 7.26 Å². The first-order valence-corrected chi connectivity index (χ1v) is 11.5. The molecular formula is C22H32ClP. The summed E-state index contributed by atoms with van der Waals surface area (Å²) in [5.74, 6) is 0. The predicted octanol–water partition coefficient (Wildman–Crippen LogP) is 3.04. The highest BCUT2D eigenvalue weighted by molar-refractivity contribution is 7.89. The first-order chi connectivity index (χ1) is 11.3. The Morgan fingerprint density at radius 1 is 0.583 bits per heavy atom. The molecule has 0 saturated carbocycles. The molecule has 24 heavy (non-hydrogen) atoms. The minimum atomic E-state index is -1.26. The molecule has 0 bridgehead atoms. The fourth-order valence-corrected chi connectivity index (χ4v) is 8.03. The van der Waals surface area contributed by atoms with Crippen LogP contribution in [0.1, 0.15) is 52.4 Å². The zero-order valence-corrected chi connectivity index (χ0v) is 16.9. The average Bonchev–Trinajstić information content (AvgIpc) is 2.62. The molecule has 2 aromatic carbocycles. The number of hydrogen-bond donors (Lipinski definition) is 0. The second-order valence-electron chi connectivity index (χ2n) is 6.50. The monoisotopic (exact) mass is 362 g/mol. The van der Waals surface area contributed by atoms with Gasteiger partial charge in [-0.2, -0.15) is 0 Å². The average molecular weight is 363 g/mol. The van der Waals surface area contributed by atoms with Gasteiger partial charge < -0.3 is 12.4 Å². The maximum atomic E-state index is 2.39. The molecule has 0 aliphatic rings. The lowest BCUT2D eigenvalue weighted by atomic mass is 10.3. The Labute approximate surface area is 155 Å². The SMILES string of the molecule is CCCCC[P+](CCCCC)(c1ccccc1)c1ccccc1.[Cl-]. The number of benzene rings is 2. The van der Waals surface area contributed by atoms with Crippen molar-refractivity contribution in [3.8, 4) is 0 Å². The van der Waals surface area contributed by atoms with Crippen LogP contribution in [0.3, 0.4) is 0 Å². The molecule has 0 atom stereocenters. The van der Waals surface area contributed by atoms with Crippen molar-refractivity contribution >= 4 is 17.9 Å². The third-order valence-electron chi connectivity index (χ3n) is 4.79. The fourth-order valence-electron chi connectivity index (χ4n) is 3.47. The highest BCUT2D eigenvalue weighted by atomic mass is 35.5. The zero-order valence-electron chi connectivity index (χ0n) is 15.3. The van der Waals surface area contributed by atoms with Crippen LogP contribution in [0, 0.1) is 0 Å². The van der Waals surface area contributed by atoms with Gasteiger partial charge in [0.2, 0.25) is 0 Å². The molecule has 0 spiro atoms. The quantitative estimate of drug-likeness (QED) is 0.450. The molecule has 2 heteroatoms. The van der Waals surface area contributed by atoms with Gasteiger partial charge in [0.15, 0.2) is 0 Å². The molecule has 0 aliphatic heterocycles. The van der Waals surface area contributed by atoms with Crippen molar-refractivity contribution in [3.05, 3.63) is 60.7 Å². The topological polar surface area (TPSA) is 0 Å². The van der Waals surface area contributed by atoms with Crippen LogP contribution >= 0.6 is 7.26 Å². The molecule has 0 heterocycles. The third-order valence-corrected chi connectivity index (χ3v) is 9.52. The first kappa shape index (κ1) is 21.2. The van der Waals surface area contributed by atoms with Crippen LogP contribution in [0.2, 0.25) is 0 Å². The highest BCUT2D eigenvalue weighted by Crippen LogP contribution is 2.57. The number of unbranched alkanes of at least 4 members (excludes halogenated alkanes) is 4. The molecular weight excluding hydrogens is 331 g/mol. The van der Waals surface area contributed by atoms with Gasteiger partial charge in [-0.25, -0.2) is 0 Å². The van der Waals surface area contributed by atoms with E-state index in [2.05, 4.69) is 74.5 Å². The molecule has 0 amide bonds. The van der Waals surface area contributed by atoms with Crippen LogP contribution in [0.25, 0.3) is 0 Å². The van der Waals surface area contributed by atoms with Crippen LogP contribution in [0.5, 0.6) is 0 Å². The standard InChI is InChI=1S/C22H32P.ClH/c1-3-5-13-19-23(20-14-6-4-2,21-15-9-7-10-16-21)22-17-11-8-12-18-22;/h7-12,15-18H,3-6,13-14,19-20H2,1-2H3;1H/q+1;/p-1. The largest absolute Gasteiger partial charge is 1.00 e. The summed E-state index contributed by atoms with van der Waals surface area (Å²) in [5, 5.41) is 3.22. The van der Waals surface area contributed by atoms with Crippen molar-refractivity contribution in [2.24, 2.45) is 0 Å². The molecule has 0 nitrogen and oxygen atoms in total. The lowest BCUT2D eigenvalue weighted by molar-refractivity contribution is -0.00000481. The molecule has 132 valence electrons. The van der Waals surface area contributed by atoms with E-state index in [1.54, 1.807) is 10.6 Å². The minimum Gasteiger partial charge on any atom is -1.00 e. The molecule has 0 fully saturated rings. The third kappa shape index (κ3) is 5.61. The maximum absolute atomic E-state index is 2.39. The van der Waals surface area contributed by atoms with Gasteiger partial charge in [-0.1, -0.05) is 75.9 Å². The summed E-state index contributed by atoms with van der Waals surface area (Å²) < 4.78 is 0. The van der Waals surface area contributed by atoms with Gasteiger partial charge in [-0.3, -0.25) is 0 Å². The van der Waals surface area contributed by atoms with Crippen molar-refractivity contribution < 1.29 is 12.4 Å². The fraction of sp³-hybridized carbons (Fsp3) is 0.455. The van der Waals surface area contributed by atoms with Crippen molar-refractivity contribution in [1.29, 1.82) is 0 Å². The van der Waals surface area contributed by atoms with E-state index in [0.29, 0.717) is 0 Å². The Balaban J connectivity index is 0.00000288. The predicted molar refractivity (Wildman–Crippen MR) is 108 cm³/mol. The lowest BCUT2D eigenvalue weighted by Gasteiger charge is -2.28. The Kier molecular flexibility index (Phi) is 10.3. The lowest BCUT2D eigenvalue weighted by Crippen LogP contribution is -3.00. The van der Waals surface area contributed by atoms with E-state index in [9.17, 15) is 0 Å². The van der Waals surface area contributed by atoms with Crippen molar-refractivity contribution in [3.63, 3.8) is 0 Å². The first-order valence-electron chi connectivity index (χ1n) is 9.32. The summed E-state index contributed by atoms with van der Waals surface area (Å²) >= 11 is 0. The molecule has 2 rings (SSSR count). The normalized spacial score (nSPS) is 11.1. The van der Waals surface area contributed by atoms with Gasteiger partial charge in [0.05, 0.1) is 30.2 Å². The summed E-state index contributed by atoms with van der Waals surface area (Å²) in [6.07, 6.45) is 10.8. The van der Waals surface area contributed by atoms with E-state index >= 15 is 0 Å². The van der Waals surface area contributed by atoms with Gasteiger partial charge in [0, 0.05) is 0 Å². The molecule has 0 saturated heterocycles. The molecule has 0 aliphatic carbocycles. The van der Waals surface area contributed by atoms with Crippen LogP contribution in [-0.4, -0.2) is 12.3 Å². The van der Waals surface area contributed by atoms with Gasteiger partial charge in [0.1, 0.15) is 0 Å². The van der Waals surface area contributed by atoms with Gasteiger partial charge >= 0.3 is 0 Å². The van der Waals surface area contributed by atoms with Crippen LogP contribution < -0.4 is 23.0 Å². The summed E-state index contributed by atoms with van der Waals surface area (Å²) in [6.45, 7) is 4.62. The zero-order chi connectivity index (χ0) is 16.4. The number of halogens is 1. The number of hydrogen-bond acceptors (Lipinski definition) is 0. The van der Waals surface area contributed by atoms with Crippen LogP contribution in [0.4, 0.5) is 0 Å². The van der Waals surface area contributed by atoms with E-state index in [1.807, 2.05) is 0 Å². The van der Waals surface area contributed by atoms with Crippen molar-refractivity contribution in [1.82, 2.24) is 0 Å². The summed E-state index contributed by atoms with van der Waals surface area (Å²) in [4.78, 5) is 0. The number of rotatable bonds is 10. The Morgan fingerprint density at radius 3 is 1.29 bits per heavy atom. The van der Waals surface area contributed by atoms with E-state index in [-0.39, 0.29) is 12.4 Å². The second kappa shape index (κ2) is 11.7. The second-order valence-corrected chi connectivity index (χ2v) is 10.4. The smallest absolute Gasteiger partial charge is 0.0991 e. The van der Waals surface area contributed by atoms with E-state index in [1.165, 1.54) is 50.8 Å². The van der Waals surface area contributed by atoms with Crippen LogP contribution in [-0.2, 0) is 0 Å². The maximum Gasteiger partial charge on any atom is 0.0991 e. The van der Waals surface area contributed by atoms with Crippen molar-refractivity contribution in [2.45, 2.75) is 52.4 Å². The van der Waals surface area contributed by atoms with E-state index in [0.717, 1.165) is 0 Å². The summed E-state index contributed by atoms with van der Waals surface area (Å²) in [5.41, 5.74) is 0. The molecule has 0 unspecified atom stereocenters. The molecule has 2 aromatic rings. The van der Waals surface area contributed by atoms with Crippen molar-refractivity contribution in [2.75, 3.05) is 12.3 Å².